The van der Waals surface area contributed by atoms with Gasteiger partial charge in [0.15, 0.2) is 5.82 Å². The topological polar surface area (TPSA) is 25.8 Å². The molecule has 11 aromatic rings. The maximum absolute atomic E-state index is 5.34. The van der Waals surface area contributed by atoms with E-state index in [1.54, 1.807) is 0 Å². The summed E-state index contributed by atoms with van der Waals surface area (Å²) >= 11 is 0. The van der Waals surface area contributed by atoms with Gasteiger partial charge < -0.3 is 0 Å². The van der Waals surface area contributed by atoms with Gasteiger partial charge in [0.2, 0.25) is 0 Å². The summed E-state index contributed by atoms with van der Waals surface area (Å²) in [5.41, 5.74) is 19.6. The lowest BCUT2D eigenvalue weighted by Crippen LogP contribution is -2.14. The molecular weight excluding hydrogens is 785 g/mol. The number of fused-ring (bicyclic) bond motifs is 5. The lowest BCUT2D eigenvalue weighted by Gasteiger charge is -2.22. The van der Waals surface area contributed by atoms with Gasteiger partial charge in [-0.25, -0.2) is 9.97 Å². The van der Waals surface area contributed by atoms with Crippen LogP contribution in [-0.4, -0.2) is 9.97 Å². The molecule has 1 aromatic heterocycles. The Bertz CT molecular complexity index is 3620. The van der Waals surface area contributed by atoms with Crippen molar-refractivity contribution in [3.8, 4) is 89.5 Å². The van der Waals surface area contributed by atoms with E-state index in [0.29, 0.717) is 5.82 Å². The van der Waals surface area contributed by atoms with Crippen LogP contribution in [0.1, 0.15) is 25.0 Å². The van der Waals surface area contributed by atoms with Crippen LogP contribution in [0.4, 0.5) is 0 Å². The third kappa shape index (κ3) is 6.65. The monoisotopic (exact) mass is 828 g/mol. The summed E-state index contributed by atoms with van der Waals surface area (Å²) in [7, 11) is 0. The van der Waals surface area contributed by atoms with Crippen LogP contribution in [0.25, 0.3) is 111 Å². The van der Waals surface area contributed by atoms with Gasteiger partial charge in [-0.1, -0.05) is 214 Å². The molecule has 0 aliphatic heterocycles. The van der Waals surface area contributed by atoms with Gasteiger partial charge in [-0.2, -0.15) is 0 Å². The van der Waals surface area contributed by atoms with Gasteiger partial charge >= 0.3 is 0 Å². The molecule has 1 aliphatic carbocycles. The zero-order valence-corrected chi connectivity index (χ0v) is 36.3. The molecule has 0 saturated carbocycles. The van der Waals surface area contributed by atoms with Crippen molar-refractivity contribution in [1.29, 1.82) is 0 Å². The molecule has 10 aromatic carbocycles. The lowest BCUT2D eigenvalue weighted by molar-refractivity contribution is 0.660. The maximum Gasteiger partial charge on any atom is 0.160 e. The summed E-state index contributed by atoms with van der Waals surface area (Å²) in [5.74, 6) is 0.696. The molecule has 0 N–H and O–H groups in total. The van der Waals surface area contributed by atoms with E-state index in [9.17, 15) is 0 Å². The smallest absolute Gasteiger partial charge is 0.160 e. The van der Waals surface area contributed by atoms with Gasteiger partial charge in [0, 0.05) is 22.1 Å². The van der Waals surface area contributed by atoms with Crippen molar-refractivity contribution in [2.45, 2.75) is 19.3 Å². The van der Waals surface area contributed by atoms with E-state index in [1.165, 1.54) is 71.8 Å². The summed E-state index contributed by atoms with van der Waals surface area (Å²) < 4.78 is 0. The number of hydrogen-bond donors (Lipinski definition) is 0. The van der Waals surface area contributed by atoms with Gasteiger partial charge in [-0.15, -0.1) is 0 Å². The fraction of sp³-hybridized carbons (Fsp3) is 0.0476. The van der Waals surface area contributed by atoms with Crippen LogP contribution in [0.3, 0.4) is 0 Å². The largest absolute Gasteiger partial charge is 0.228 e. The van der Waals surface area contributed by atoms with E-state index in [4.69, 9.17) is 9.97 Å². The predicted octanol–water partition coefficient (Wildman–Crippen LogP) is 16.8. The molecule has 0 amide bonds. The van der Waals surface area contributed by atoms with Crippen LogP contribution in [0.2, 0.25) is 0 Å². The summed E-state index contributed by atoms with van der Waals surface area (Å²) in [5, 5.41) is 4.77. The number of benzene rings is 10. The van der Waals surface area contributed by atoms with Crippen LogP contribution >= 0.6 is 0 Å². The standard InChI is InChI=1S/C63H44N2/c1-63(2)57-30-16-15-28-56(57)61-51(29-17-31-58(61)63)48-38-46(45-33-32-41-18-9-10-23-44(41)36-45)37-47(39-48)50-34-35-55(53-26-13-12-25-52(50)53)60-40-59(64-62(65-60)43-21-7-4-8-22-43)54-27-14-11-24-49(54)42-19-5-3-6-20-42/h3-40H,1-2H3. The number of aromatic nitrogens is 2. The Morgan fingerprint density at radius 1 is 0.292 bits per heavy atom. The maximum atomic E-state index is 5.34. The van der Waals surface area contributed by atoms with Gasteiger partial charge in [-0.05, 0) is 119 Å². The van der Waals surface area contributed by atoms with Gasteiger partial charge in [-0.3, -0.25) is 0 Å². The molecule has 12 rings (SSSR count). The summed E-state index contributed by atoms with van der Waals surface area (Å²) in [6, 6.07) is 83.5. The van der Waals surface area contributed by atoms with Crippen LogP contribution in [0.15, 0.2) is 231 Å². The highest BCUT2D eigenvalue weighted by Gasteiger charge is 2.36. The molecule has 0 radical (unpaired) electrons. The zero-order chi connectivity index (χ0) is 43.5. The second-order valence-electron chi connectivity index (χ2n) is 17.7. The Hall–Kier alpha value is -8.20. The van der Waals surface area contributed by atoms with E-state index >= 15 is 0 Å². The molecule has 1 heterocycles. The third-order valence-corrected chi connectivity index (χ3v) is 13.5. The second kappa shape index (κ2) is 15.6. The Labute approximate surface area is 380 Å². The van der Waals surface area contributed by atoms with Crippen LogP contribution in [-0.2, 0) is 5.41 Å². The molecule has 0 bridgehead atoms. The van der Waals surface area contributed by atoms with E-state index in [-0.39, 0.29) is 5.41 Å². The molecule has 0 unspecified atom stereocenters. The first-order valence-electron chi connectivity index (χ1n) is 22.5. The normalized spacial score (nSPS) is 12.6. The quantitative estimate of drug-likeness (QED) is 0.160. The molecule has 2 nitrogen and oxygen atoms in total. The summed E-state index contributed by atoms with van der Waals surface area (Å²) in [4.78, 5) is 10.6. The van der Waals surface area contributed by atoms with E-state index in [1.807, 2.05) is 6.07 Å². The van der Waals surface area contributed by atoms with Gasteiger partial charge in [0.05, 0.1) is 11.4 Å². The Morgan fingerprint density at radius 2 is 0.831 bits per heavy atom. The van der Waals surface area contributed by atoms with Crippen molar-refractivity contribution in [1.82, 2.24) is 9.97 Å². The molecule has 1 aliphatic rings. The van der Waals surface area contributed by atoms with Crippen LogP contribution in [0, 0.1) is 0 Å². The first kappa shape index (κ1) is 38.5. The van der Waals surface area contributed by atoms with Crippen LogP contribution in [0.5, 0.6) is 0 Å². The highest BCUT2D eigenvalue weighted by Crippen LogP contribution is 2.53. The molecule has 0 atom stereocenters. The van der Waals surface area contributed by atoms with Gasteiger partial charge in [0.1, 0.15) is 0 Å². The summed E-state index contributed by atoms with van der Waals surface area (Å²) in [6.07, 6.45) is 0. The average Bonchev–Trinajstić information content (AvgIpc) is 3.61. The molecule has 0 spiro atoms. The Balaban J connectivity index is 1.07. The second-order valence-corrected chi connectivity index (χ2v) is 17.7. The fourth-order valence-electron chi connectivity index (χ4n) is 10.3. The molecule has 0 fully saturated rings. The van der Waals surface area contributed by atoms with Gasteiger partial charge in [0.25, 0.3) is 0 Å². The fourth-order valence-corrected chi connectivity index (χ4v) is 10.3. The Kier molecular flexibility index (Phi) is 9.21. The van der Waals surface area contributed by atoms with E-state index in [0.717, 1.165) is 44.6 Å². The summed E-state index contributed by atoms with van der Waals surface area (Å²) in [6.45, 7) is 4.72. The average molecular weight is 829 g/mol. The van der Waals surface area contributed by atoms with Crippen molar-refractivity contribution in [3.63, 3.8) is 0 Å². The minimum atomic E-state index is -0.0996. The number of hydrogen-bond acceptors (Lipinski definition) is 2. The highest BCUT2D eigenvalue weighted by atomic mass is 14.9. The van der Waals surface area contributed by atoms with Crippen molar-refractivity contribution in [2.24, 2.45) is 0 Å². The Morgan fingerprint density at radius 3 is 1.60 bits per heavy atom. The third-order valence-electron chi connectivity index (χ3n) is 13.5. The van der Waals surface area contributed by atoms with Crippen LogP contribution < -0.4 is 0 Å². The molecule has 2 heteroatoms. The number of nitrogens with zero attached hydrogens (tertiary/aromatic N) is 2. The molecule has 65 heavy (non-hydrogen) atoms. The van der Waals surface area contributed by atoms with Crippen molar-refractivity contribution in [3.05, 3.63) is 242 Å². The van der Waals surface area contributed by atoms with E-state index < -0.39 is 0 Å². The zero-order valence-electron chi connectivity index (χ0n) is 36.3. The molecule has 306 valence electrons. The van der Waals surface area contributed by atoms with E-state index in [2.05, 4.69) is 238 Å². The van der Waals surface area contributed by atoms with Crippen molar-refractivity contribution < 1.29 is 0 Å². The highest BCUT2D eigenvalue weighted by molar-refractivity contribution is 6.06. The first-order chi connectivity index (χ1) is 32.0. The minimum absolute atomic E-state index is 0.0996. The molecule has 0 saturated heterocycles. The lowest BCUT2D eigenvalue weighted by atomic mass is 9.81. The SMILES string of the molecule is CC1(C)c2ccccc2-c2c(-c3cc(-c4ccc5ccccc5c4)cc(-c4ccc(-c5cc(-c6ccccc6-c6ccccc6)nc(-c6ccccc6)n5)c5ccccc45)c3)cccc21. The van der Waals surface area contributed by atoms with Crippen molar-refractivity contribution >= 4 is 21.5 Å². The predicted molar refractivity (Wildman–Crippen MR) is 273 cm³/mol. The molecular formula is C63H44N2. The minimum Gasteiger partial charge on any atom is -0.228 e. The number of rotatable bonds is 7. The van der Waals surface area contributed by atoms with Crippen molar-refractivity contribution in [2.75, 3.05) is 0 Å². The first-order valence-corrected chi connectivity index (χ1v) is 22.5.